The van der Waals surface area contributed by atoms with Gasteiger partial charge in [-0.15, -0.1) is 11.8 Å². The smallest absolute Gasteiger partial charge is 0.243 e. The first-order valence-electron chi connectivity index (χ1n) is 12.8. The Labute approximate surface area is 245 Å². The van der Waals surface area contributed by atoms with Crippen LogP contribution in [0.25, 0.3) is 0 Å². The predicted molar refractivity (Wildman–Crippen MR) is 160 cm³/mol. The Morgan fingerprint density at radius 1 is 0.921 bits per heavy atom. The summed E-state index contributed by atoms with van der Waals surface area (Å²) >= 11 is 20.3. The van der Waals surface area contributed by atoms with E-state index >= 15 is 0 Å². The van der Waals surface area contributed by atoms with Crippen molar-refractivity contribution in [2.24, 2.45) is 0 Å². The Balaban J connectivity index is 1.80. The van der Waals surface area contributed by atoms with Gasteiger partial charge in [-0.3, -0.25) is 9.59 Å². The number of carbonyl (C=O) groups excluding carboxylic acids is 2. The molecule has 0 radical (unpaired) electrons. The molecule has 0 aromatic heterocycles. The lowest BCUT2D eigenvalue weighted by Gasteiger charge is -2.32. The average molecular weight is 592 g/mol. The van der Waals surface area contributed by atoms with Crippen molar-refractivity contribution in [2.45, 2.75) is 56.5 Å². The molecule has 0 aliphatic heterocycles. The molecule has 0 saturated heterocycles. The van der Waals surface area contributed by atoms with Crippen molar-refractivity contribution in [2.75, 3.05) is 12.3 Å². The van der Waals surface area contributed by atoms with Crippen molar-refractivity contribution in [1.29, 1.82) is 0 Å². The lowest BCUT2D eigenvalue weighted by molar-refractivity contribution is -0.141. The van der Waals surface area contributed by atoms with E-state index in [2.05, 4.69) is 12.2 Å². The zero-order valence-corrected chi connectivity index (χ0v) is 24.6. The second-order valence-electron chi connectivity index (χ2n) is 9.01. The molecule has 1 atom stereocenters. The summed E-state index contributed by atoms with van der Waals surface area (Å²) < 4.78 is 0. The number of nitrogens with zero attached hydrogens (tertiary/aromatic N) is 1. The zero-order valence-electron chi connectivity index (χ0n) is 21.5. The Hall–Kier alpha value is -2.18. The second-order valence-corrected chi connectivity index (χ2v) is 11.5. The normalized spacial score (nSPS) is 11.7. The Morgan fingerprint density at radius 2 is 1.63 bits per heavy atom. The third-order valence-electron chi connectivity index (χ3n) is 6.07. The Bertz CT molecular complexity index is 1180. The minimum atomic E-state index is -0.669. The molecule has 3 rings (SSSR count). The van der Waals surface area contributed by atoms with Crippen molar-refractivity contribution in [3.05, 3.63) is 99.0 Å². The van der Waals surface area contributed by atoms with Crippen LogP contribution in [-0.2, 0) is 22.6 Å². The highest BCUT2D eigenvalue weighted by molar-refractivity contribution is 7.99. The molecule has 0 bridgehead atoms. The number of carbonyl (C=O) groups is 2. The van der Waals surface area contributed by atoms with Crippen LogP contribution in [0.5, 0.6) is 0 Å². The maximum atomic E-state index is 13.7. The number of hydrogen-bond acceptors (Lipinski definition) is 3. The standard InChI is InChI=1S/C30H33Cl3N2O2S/c1-2-3-17-34-30(37)28(19-22-8-5-4-6-9-22)35(21-23-11-12-25(32)20-27(23)33)29(36)10-7-18-38-26-15-13-24(31)14-16-26/h4-6,8-9,11-16,20,28H,2-3,7,10,17-19,21H2,1H3,(H,34,37). The van der Waals surface area contributed by atoms with Crippen molar-refractivity contribution in [3.8, 4) is 0 Å². The molecule has 3 aromatic carbocycles. The number of thioether (sulfide) groups is 1. The second kappa shape index (κ2) is 16.0. The molecule has 8 heteroatoms. The minimum absolute atomic E-state index is 0.0840. The monoisotopic (exact) mass is 590 g/mol. The fourth-order valence-electron chi connectivity index (χ4n) is 3.98. The molecule has 3 aromatic rings. The third kappa shape index (κ3) is 9.85. The highest BCUT2D eigenvalue weighted by Crippen LogP contribution is 2.26. The molecule has 0 heterocycles. The first-order chi connectivity index (χ1) is 18.4. The van der Waals surface area contributed by atoms with Gasteiger partial charge in [-0.2, -0.15) is 0 Å². The van der Waals surface area contributed by atoms with E-state index in [1.807, 2.05) is 60.7 Å². The van der Waals surface area contributed by atoms with Gasteiger partial charge in [0.2, 0.25) is 11.8 Å². The molecule has 4 nitrogen and oxygen atoms in total. The molecular weight excluding hydrogens is 559 g/mol. The SMILES string of the molecule is CCCCNC(=O)C(Cc1ccccc1)N(Cc1ccc(Cl)cc1Cl)C(=O)CCCSc1ccc(Cl)cc1. The summed E-state index contributed by atoms with van der Waals surface area (Å²) in [5.41, 5.74) is 1.74. The third-order valence-corrected chi connectivity index (χ3v) is 8.01. The summed E-state index contributed by atoms with van der Waals surface area (Å²) in [6.45, 7) is 2.87. The number of amides is 2. The van der Waals surface area contributed by atoms with Crippen LogP contribution >= 0.6 is 46.6 Å². The zero-order chi connectivity index (χ0) is 27.3. The first kappa shape index (κ1) is 30.4. The fraction of sp³-hybridized carbons (Fsp3) is 0.333. The summed E-state index contributed by atoms with van der Waals surface area (Å²) in [6.07, 6.45) is 3.25. The predicted octanol–water partition coefficient (Wildman–Crippen LogP) is 8.08. The number of hydrogen-bond donors (Lipinski definition) is 1. The lowest BCUT2D eigenvalue weighted by atomic mass is 10.0. The number of rotatable bonds is 14. The van der Waals surface area contributed by atoms with E-state index in [1.165, 1.54) is 0 Å². The molecule has 0 fully saturated rings. The summed E-state index contributed by atoms with van der Waals surface area (Å²) in [5, 5.41) is 4.73. The maximum absolute atomic E-state index is 13.7. The van der Waals surface area contributed by atoms with E-state index in [-0.39, 0.29) is 18.4 Å². The van der Waals surface area contributed by atoms with E-state index in [4.69, 9.17) is 34.8 Å². The van der Waals surface area contributed by atoms with Crippen LogP contribution in [0, 0.1) is 0 Å². The molecule has 202 valence electrons. The summed E-state index contributed by atoms with van der Waals surface area (Å²) in [5.74, 6) is 0.533. The van der Waals surface area contributed by atoms with Crippen molar-refractivity contribution >= 4 is 58.4 Å². The Kier molecular flexibility index (Phi) is 12.8. The van der Waals surface area contributed by atoms with Gasteiger partial charge in [0.15, 0.2) is 0 Å². The van der Waals surface area contributed by atoms with E-state index in [0.717, 1.165) is 34.6 Å². The van der Waals surface area contributed by atoms with Crippen LogP contribution in [-0.4, -0.2) is 35.1 Å². The number of halogens is 3. The molecule has 0 saturated carbocycles. The molecular formula is C30H33Cl3N2O2S. The summed E-state index contributed by atoms with van der Waals surface area (Å²) in [7, 11) is 0. The lowest BCUT2D eigenvalue weighted by Crippen LogP contribution is -2.50. The van der Waals surface area contributed by atoms with Crippen molar-refractivity contribution in [3.63, 3.8) is 0 Å². The van der Waals surface area contributed by atoms with Gasteiger partial charge in [-0.1, -0.05) is 84.5 Å². The molecule has 0 spiro atoms. The molecule has 1 unspecified atom stereocenters. The van der Waals surface area contributed by atoms with Crippen LogP contribution in [0.15, 0.2) is 77.7 Å². The van der Waals surface area contributed by atoms with E-state index in [9.17, 15) is 9.59 Å². The quantitative estimate of drug-likeness (QED) is 0.152. The highest BCUT2D eigenvalue weighted by Gasteiger charge is 2.30. The van der Waals surface area contributed by atoms with Crippen LogP contribution in [0.3, 0.4) is 0 Å². The van der Waals surface area contributed by atoms with Gasteiger partial charge in [0, 0.05) is 45.9 Å². The topological polar surface area (TPSA) is 49.4 Å². The van der Waals surface area contributed by atoms with Crippen molar-refractivity contribution < 1.29 is 9.59 Å². The van der Waals surface area contributed by atoms with Gasteiger partial charge in [-0.05, 0) is 66.1 Å². The average Bonchev–Trinajstić information content (AvgIpc) is 2.91. The molecule has 1 N–H and O–H groups in total. The summed E-state index contributed by atoms with van der Waals surface area (Å²) in [4.78, 5) is 29.9. The minimum Gasteiger partial charge on any atom is -0.354 e. The van der Waals surface area contributed by atoms with Gasteiger partial charge in [0.25, 0.3) is 0 Å². The van der Waals surface area contributed by atoms with Crippen LogP contribution in [0.2, 0.25) is 15.1 Å². The highest BCUT2D eigenvalue weighted by atomic mass is 35.5. The summed E-state index contributed by atoms with van der Waals surface area (Å²) in [6, 6.07) is 22.0. The molecule has 38 heavy (non-hydrogen) atoms. The maximum Gasteiger partial charge on any atom is 0.243 e. The van der Waals surface area contributed by atoms with Gasteiger partial charge in [0.05, 0.1) is 0 Å². The van der Waals surface area contributed by atoms with E-state index in [1.54, 1.807) is 28.8 Å². The van der Waals surface area contributed by atoms with Crippen molar-refractivity contribution in [1.82, 2.24) is 10.2 Å². The van der Waals surface area contributed by atoms with Crippen LogP contribution < -0.4 is 5.32 Å². The van der Waals surface area contributed by atoms with E-state index in [0.29, 0.717) is 40.9 Å². The Morgan fingerprint density at radius 3 is 2.32 bits per heavy atom. The van der Waals surface area contributed by atoms with Gasteiger partial charge >= 0.3 is 0 Å². The molecule has 0 aliphatic rings. The van der Waals surface area contributed by atoms with Gasteiger partial charge < -0.3 is 10.2 Å². The number of benzene rings is 3. The first-order valence-corrected chi connectivity index (χ1v) is 14.9. The van der Waals surface area contributed by atoms with Crippen LogP contribution in [0.1, 0.15) is 43.7 Å². The fourth-order valence-corrected chi connectivity index (χ4v) is 5.43. The van der Waals surface area contributed by atoms with E-state index < -0.39 is 6.04 Å². The molecule has 2 amide bonds. The largest absolute Gasteiger partial charge is 0.354 e. The van der Waals surface area contributed by atoms with Crippen LogP contribution in [0.4, 0.5) is 0 Å². The van der Waals surface area contributed by atoms with Gasteiger partial charge in [-0.25, -0.2) is 0 Å². The number of nitrogens with one attached hydrogen (secondary N) is 1. The number of unbranched alkanes of at least 4 members (excludes halogenated alkanes) is 1. The van der Waals surface area contributed by atoms with Gasteiger partial charge in [0.1, 0.15) is 6.04 Å². The molecule has 0 aliphatic carbocycles.